The number of halogens is 1. The molecule has 7 aromatic carbocycles. The SMILES string of the molecule is C.C.Cc1ccc(C(OC(=O)C[C@H](NC(=O)OCC2c3ccccc3-c3ccccc32)C(=O)N(C)[C@@H](Cc2ccccc2)C(=O)N(C)[C@@H](Cc2ccccc2)C(=O)C[C@@H](C)C(=O)N2CCCCC2)(c2ccccc2)c2ccccc2Cl)cc1. The summed E-state index contributed by atoms with van der Waals surface area (Å²) in [6.45, 7) is 4.90. The number of piperidine rings is 1. The maximum Gasteiger partial charge on any atom is 0.407 e. The maximum atomic E-state index is 15.6. The normalized spacial score (nSPS) is 14.7. The predicted octanol–water partition coefficient (Wildman–Crippen LogP) is 12.8. The molecule has 1 N–H and O–H groups in total. The molecule has 1 fully saturated rings. The minimum absolute atomic E-state index is 0. The fourth-order valence-electron chi connectivity index (χ4n) is 11.5. The average molecular weight is 1140 g/mol. The number of hydrogen-bond acceptors (Lipinski definition) is 8. The second-order valence-electron chi connectivity index (χ2n) is 21.4. The van der Waals surface area contributed by atoms with Gasteiger partial charge in [0.25, 0.3) is 0 Å². The minimum Gasteiger partial charge on any atom is -0.449 e. The first-order valence-corrected chi connectivity index (χ1v) is 28.2. The molecule has 7 aromatic rings. The number of rotatable bonds is 21. The van der Waals surface area contributed by atoms with Gasteiger partial charge in [-0.3, -0.25) is 24.0 Å². The third kappa shape index (κ3) is 14.3. The summed E-state index contributed by atoms with van der Waals surface area (Å²) in [6, 6.07) is 54.2. The zero-order chi connectivity index (χ0) is 57.0. The van der Waals surface area contributed by atoms with Crippen molar-refractivity contribution < 1.29 is 38.2 Å². The molecule has 2 aliphatic rings. The lowest BCUT2D eigenvalue weighted by molar-refractivity contribution is -0.156. The molecule has 1 aliphatic carbocycles. The monoisotopic (exact) mass is 1140 g/mol. The molecular weight excluding hydrogens is 1060 g/mol. The molecule has 9 rings (SSSR count). The van der Waals surface area contributed by atoms with Crippen LogP contribution in [0.1, 0.15) is 104 Å². The van der Waals surface area contributed by atoms with E-state index in [1.54, 1.807) is 38.2 Å². The number of hydrogen-bond donors (Lipinski definition) is 1. The Bertz CT molecular complexity index is 3290. The molecular formula is C70H77ClN4O8. The van der Waals surface area contributed by atoms with E-state index >= 15 is 14.4 Å². The summed E-state index contributed by atoms with van der Waals surface area (Å²) in [7, 11) is 3.01. The van der Waals surface area contributed by atoms with Crippen molar-refractivity contribution in [3.8, 4) is 11.1 Å². The Hall–Kier alpha value is -8.35. The highest BCUT2D eigenvalue weighted by atomic mass is 35.5. The highest BCUT2D eigenvalue weighted by molar-refractivity contribution is 6.31. The number of amides is 4. The van der Waals surface area contributed by atoms with Crippen molar-refractivity contribution in [3.05, 3.63) is 238 Å². The van der Waals surface area contributed by atoms with Gasteiger partial charge in [-0.25, -0.2) is 4.79 Å². The Morgan fingerprint density at radius 3 is 1.67 bits per heavy atom. The molecule has 4 amide bonds. The molecule has 5 atom stereocenters. The zero-order valence-corrected chi connectivity index (χ0v) is 47.1. The van der Waals surface area contributed by atoms with Crippen molar-refractivity contribution in [3.63, 3.8) is 0 Å². The summed E-state index contributed by atoms with van der Waals surface area (Å²) in [4.78, 5) is 93.7. The number of ether oxygens (including phenoxy) is 2. The minimum atomic E-state index is -1.66. The fraction of sp³-hybridized carbons (Fsp3) is 0.314. The van der Waals surface area contributed by atoms with Crippen LogP contribution in [0, 0.1) is 12.8 Å². The van der Waals surface area contributed by atoms with Crippen molar-refractivity contribution in [2.75, 3.05) is 33.8 Å². The van der Waals surface area contributed by atoms with Crippen LogP contribution in [0.25, 0.3) is 11.1 Å². The summed E-state index contributed by atoms with van der Waals surface area (Å²) >= 11 is 7.06. The van der Waals surface area contributed by atoms with E-state index in [0.29, 0.717) is 40.4 Å². The summed E-state index contributed by atoms with van der Waals surface area (Å²) in [5, 5.41) is 3.07. The van der Waals surface area contributed by atoms with Gasteiger partial charge in [0.2, 0.25) is 17.7 Å². The number of nitrogens with one attached hydrogen (secondary N) is 1. The van der Waals surface area contributed by atoms with Gasteiger partial charge in [-0.1, -0.05) is 221 Å². The fourth-order valence-corrected chi connectivity index (χ4v) is 11.8. The van der Waals surface area contributed by atoms with E-state index in [9.17, 15) is 14.4 Å². The summed E-state index contributed by atoms with van der Waals surface area (Å²) < 4.78 is 12.8. The van der Waals surface area contributed by atoms with E-state index in [-0.39, 0.29) is 58.3 Å². The Morgan fingerprint density at radius 2 is 1.10 bits per heavy atom. The molecule has 1 aliphatic heterocycles. The quantitative estimate of drug-likeness (QED) is 0.0554. The zero-order valence-electron chi connectivity index (χ0n) is 46.3. The lowest BCUT2D eigenvalue weighted by Gasteiger charge is -2.37. The first-order chi connectivity index (χ1) is 39.2. The molecule has 1 heterocycles. The molecule has 1 unspecified atom stereocenters. The molecule has 0 aromatic heterocycles. The maximum absolute atomic E-state index is 15.6. The molecule has 0 bridgehead atoms. The topological polar surface area (TPSA) is 143 Å². The van der Waals surface area contributed by atoms with Crippen molar-refractivity contribution in [2.24, 2.45) is 5.92 Å². The van der Waals surface area contributed by atoms with Crippen LogP contribution in [0.5, 0.6) is 0 Å². The average Bonchev–Trinajstić information content (AvgIpc) is 3.89. The van der Waals surface area contributed by atoms with Crippen LogP contribution in [0.3, 0.4) is 0 Å². The first-order valence-electron chi connectivity index (χ1n) is 27.9. The van der Waals surface area contributed by atoms with Gasteiger partial charge in [0, 0.05) is 73.6 Å². The smallest absolute Gasteiger partial charge is 0.407 e. The molecule has 0 spiro atoms. The van der Waals surface area contributed by atoms with E-state index in [1.165, 1.54) is 16.8 Å². The number of likely N-dealkylation sites (tertiary alicyclic amines) is 1. The van der Waals surface area contributed by atoms with Crippen molar-refractivity contribution in [1.82, 2.24) is 20.0 Å². The Balaban J connectivity index is 0.00000495. The van der Waals surface area contributed by atoms with Crippen LogP contribution in [0.15, 0.2) is 188 Å². The Kier molecular flexibility index (Phi) is 21.4. The van der Waals surface area contributed by atoms with Gasteiger partial charge >= 0.3 is 12.1 Å². The van der Waals surface area contributed by atoms with Gasteiger partial charge in [0.1, 0.15) is 18.7 Å². The van der Waals surface area contributed by atoms with Crippen LogP contribution in [-0.2, 0) is 51.9 Å². The van der Waals surface area contributed by atoms with Gasteiger partial charge < -0.3 is 29.5 Å². The Labute approximate surface area is 494 Å². The van der Waals surface area contributed by atoms with Gasteiger partial charge in [0.15, 0.2) is 11.4 Å². The number of ketones is 1. The molecule has 0 saturated carbocycles. The highest BCUT2D eigenvalue weighted by Gasteiger charge is 2.45. The number of alkyl carbamates (subject to hydrolysis) is 1. The predicted molar refractivity (Wildman–Crippen MR) is 328 cm³/mol. The van der Waals surface area contributed by atoms with Gasteiger partial charge in [-0.15, -0.1) is 0 Å². The van der Waals surface area contributed by atoms with E-state index in [1.807, 2.05) is 176 Å². The van der Waals surface area contributed by atoms with E-state index in [0.717, 1.165) is 52.6 Å². The molecule has 83 heavy (non-hydrogen) atoms. The lowest BCUT2D eigenvalue weighted by atomic mass is 9.79. The number of likely N-dealkylation sites (N-methyl/N-ethyl adjacent to an activating group) is 2. The number of carbonyl (C=O) groups excluding carboxylic acids is 6. The largest absolute Gasteiger partial charge is 0.449 e. The van der Waals surface area contributed by atoms with Crippen molar-refractivity contribution in [2.45, 2.75) is 103 Å². The van der Waals surface area contributed by atoms with Crippen LogP contribution in [-0.4, -0.2) is 102 Å². The van der Waals surface area contributed by atoms with Crippen molar-refractivity contribution >= 4 is 47.2 Å². The van der Waals surface area contributed by atoms with Gasteiger partial charge in [-0.2, -0.15) is 0 Å². The Morgan fingerprint density at radius 1 is 0.602 bits per heavy atom. The lowest BCUT2D eigenvalue weighted by Crippen LogP contribution is -2.58. The molecule has 1 saturated heterocycles. The second kappa shape index (κ2) is 28.6. The number of Topliss-reactive ketones (excluding diaryl/α,β-unsaturated/α-hetero) is 1. The molecule has 432 valence electrons. The molecule has 12 nitrogen and oxygen atoms in total. The van der Waals surface area contributed by atoms with Gasteiger partial charge in [-0.05, 0) is 72.1 Å². The number of esters is 1. The van der Waals surface area contributed by atoms with E-state index < -0.39 is 59.9 Å². The summed E-state index contributed by atoms with van der Waals surface area (Å²) in [5.41, 5.74) is 6.44. The summed E-state index contributed by atoms with van der Waals surface area (Å²) in [5.74, 6) is -3.58. The second-order valence-corrected chi connectivity index (χ2v) is 21.8. The van der Waals surface area contributed by atoms with Gasteiger partial charge in [0.05, 0.1) is 12.5 Å². The van der Waals surface area contributed by atoms with Crippen LogP contribution < -0.4 is 5.32 Å². The molecule has 0 radical (unpaired) electrons. The van der Waals surface area contributed by atoms with Crippen LogP contribution >= 0.6 is 11.6 Å². The standard InChI is InChI=1S/C68H69ClN4O8.2CH4/c1-46-35-37-51(38-36-46)68(50-27-13-7-14-28-50,57-33-19-20-34-58(57)69)81-63(75)44-59(70-67(79)80-45-56-54-31-17-15-29-52(54)53-30-16-18-32-55(53)56)65(77)72(4)61(43-49-25-11-6-12-26-49)66(78)71(3)60(42-48-23-9-5-10-24-48)62(74)41-47(2)64(76)73-39-21-8-22-40-73;;/h5-7,9-20,23-38,47,56,59-61H,8,21-22,39-45H2,1-4H3,(H,70,79);2*1H4/t47-,59+,60+,61+,68?;;/m1../s1. The van der Waals surface area contributed by atoms with Crippen molar-refractivity contribution in [1.29, 1.82) is 0 Å². The van der Waals surface area contributed by atoms with E-state index in [2.05, 4.69) is 5.32 Å². The number of benzene rings is 7. The van der Waals surface area contributed by atoms with E-state index in [4.69, 9.17) is 21.1 Å². The molecule has 13 heteroatoms. The third-order valence-electron chi connectivity index (χ3n) is 15.9. The highest BCUT2D eigenvalue weighted by Crippen LogP contribution is 2.46. The van der Waals surface area contributed by atoms with Crippen LogP contribution in [0.2, 0.25) is 5.02 Å². The first kappa shape index (κ1) is 62.3. The van der Waals surface area contributed by atoms with Crippen LogP contribution in [0.4, 0.5) is 4.79 Å². The number of fused-ring (bicyclic) bond motifs is 3. The number of carbonyl (C=O) groups is 6. The third-order valence-corrected chi connectivity index (χ3v) is 16.2. The number of aryl methyl sites for hydroxylation is 1. The number of nitrogens with zero attached hydrogens (tertiary/aromatic N) is 3. The summed E-state index contributed by atoms with van der Waals surface area (Å²) in [6.07, 6.45) is 1.23.